The van der Waals surface area contributed by atoms with E-state index in [9.17, 15) is 9.18 Å². The van der Waals surface area contributed by atoms with Gasteiger partial charge in [0.1, 0.15) is 11.5 Å². The second-order valence-corrected chi connectivity index (χ2v) is 5.42. The molecule has 0 saturated carbocycles. The highest BCUT2D eigenvalue weighted by Crippen LogP contribution is 2.22. The van der Waals surface area contributed by atoms with Crippen molar-refractivity contribution in [3.63, 3.8) is 0 Å². The van der Waals surface area contributed by atoms with Crippen molar-refractivity contribution in [2.45, 2.75) is 0 Å². The minimum atomic E-state index is -0.316. The van der Waals surface area contributed by atoms with Gasteiger partial charge in [-0.2, -0.15) is 5.10 Å². The van der Waals surface area contributed by atoms with Gasteiger partial charge in [-0.25, -0.2) is 9.07 Å². The molecular formula is C19H18FN3O2. The van der Waals surface area contributed by atoms with Gasteiger partial charge in [-0.15, -0.1) is 0 Å². The van der Waals surface area contributed by atoms with Gasteiger partial charge >= 0.3 is 0 Å². The first-order valence-corrected chi connectivity index (χ1v) is 7.87. The maximum Gasteiger partial charge on any atom is 0.270 e. The molecular weight excluding hydrogens is 321 g/mol. The maximum atomic E-state index is 13.2. The standard InChI is InChI=1S/C19H18FN3O2/c1-25-12-11-21-19(24)18-13-17(14-7-9-15(20)10-8-14)22-23(18)16-5-3-2-4-6-16/h2-10,13H,11-12H2,1H3,(H,21,24). The normalized spacial score (nSPS) is 10.6. The van der Waals surface area contributed by atoms with Crippen LogP contribution >= 0.6 is 0 Å². The van der Waals surface area contributed by atoms with E-state index >= 15 is 0 Å². The molecule has 25 heavy (non-hydrogen) atoms. The molecule has 0 aliphatic heterocycles. The van der Waals surface area contributed by atoms with Crippen molar-refractivity contribution in [3.8, 4) is 16.9 Å². The quantitative estimate of drug-likeness (QED) is 0.702. The number of carbonyl (C=O) groups excluding carboxylic acids is 1. The molecule has 0 aliphatic rings. The van der Waals surface area contributed by atoms with Crippen molar-refractivity contribution in [2.24, 2.45) is 0 Å². The summed E-state index contributed by atoms with van der Waals surface area (Å²) in [5.74, 6) is -0.564. The van der Waals surface area contributed by atoms with Crippen LogP contribution in [-0.4, -0.2) is 35.9 Å². The molecule has 1 heterocycles. The topological polar surface area (TPSA) is 56.1 Å². The Labute approximate surface area is 145 Å². The van der Waals surface area contributed by atoms with Crippen LogP contribution < -0.4 is 5.32 Å². The molecule has 1 amide bonds. The Kier molecular flexibility index (Phi) is 5.20. The average molecular weight is 339 g/mol. The third kappa shape index (κ3) is 3.92. The summed E-state index contributed by atoms with van der Waals surface area (Å²) in [7, 11) is 1.58. The highest BCUT2D eigenvalue weighted by Gasteiger charge is 2.17. The van der Waals surface area contributed by atoms with Crippen molar-refractivity contribution in [1.29, 1.82) is 0 Å². The van der Waals surface area contributed by atoms with E-state index in [1.165, 1.54) is 12.1 Å². The lowest BCUT2D eigenvalue weighted by Gasteiger charge is -2.07. The van der Waals surface area contributed by atoms with Crippen LogP contribution in [-0.2, 0) is 4.74 Å². The lowest BCUT2D eigenvalue weighted by molar-refractivity contribution is 0.0929. The molecule has 2 aromatic carbocycles. The Morgan fingerprint density at radius 3 is 2.56 bits per heavy atom. The first-order valence-electron chi connectivity index (χ1n) is 7.87. The molecule has 0 bridgehead atoms. The van der Waals surface area contributed by atoms with Crippen molar-refractivity contribution >= 4 is 5.91 Å². The SMILES string of the molecule is COCCNC(=O)c1cc(-c2ccc(F)cc2)nn1-c1ccccc1. The number of nitrogens with zero attached hydrogens (tertiary/aromatic N) is 2. The van der Waals surface area contributed by atoms with Gasteiger partial charge in [0.15, 0.2) is 0 Å². The summed E-state index contributed by atoms with van der Waals surface area (Å²) in [6.45, 7) is 0.831. The van der Waals surface area contributed by atoms with Crippen LogP contribution in [0.1, 0.15) is 10.5 Å². The van der Waals surface area contributed by atoms with Crippen LogP contribution in [0.25, 0.3) is 16.9 Å². The lowest BCUT2D eigenvalue weighted by Crippen LogP contribution is -2.28. The Bertz CT molecular complexity index is 845. The molecule has 128 valence electrons. The summed E-state index contributed by atoms with van der Waals surface area (Å²) in [5, 5.41) is 7.33. The highest BCUT2D eigenvalue weighted by atomic mass is 19.1. The number of hydrogen-bond donors (Lipinski definition) is 1. The van der Waals surface area contributed by atoms with E-state index in [1.54, 1.807) is 30.0 Å². The van der Waals surface area contributed by atoms with E-state index in [0.717, 1.165) is 11.3 Å². The summed E-state index contributed by atoms with van der Waals surface area (Å²) in [6, 6.07) is 17.1. The van der Waals surface area contributed by atoms with Crippen molar-refractivity contribution in [2.75, 3.05) is 20.3 Å². The summed E-state index contributed by atoms with van der Waals surface area (Å²) < 4.78 is 19.7. The number of amides is 1. The molecule has 0 unspecified atom stereocenters. The molecule has 1 N–H and O–H groups in total. The second kappa shape index (κ2) is 7.72. The summed E-state index contributed by atoms with van der Waals surface area (Å²) in [5.41, 5.74) is 2.51. The van der Waals surface area contributed by atoms with Gasteiger partial charge in [-0.1, -0.05) is 18.2 Å². The predicted molar refractivity (Wildman–Crippen MR) is 93.2 cm³/mol. The number of benzene rings is 2. The Balaban J connectivity index is 1.99. The van der Waals surface area contributed by atoms with Crippen molar-refractivity contribution < 1.29 is 13.9 Å². The molecule has 3 rings (SSSR count). The fourth-order valence-corrected chi connectivity index (χ4v) is 2.43. The number of aromatic nitrogens is 2. The molecule has 3 aromatic rings. The summed E-state index contributed by atoms with van der Waals surface area (Å²) >= 11 is 0. The summed E-state index contributed by atoms with van der Waals surface area (Å²) in [6.07, 6.45) is 0. The second-order valence-electron chi connectivity index (χ2n) is 5.42. The molecule has 0 fully saturated rings. The first-order chi connectivity index (χ1) is 12.2. The van der Waals surface area contributed by atoms with Gasteiger partial charge in [0.25, 0.3) is 5.91 Å². The number of ether oxygens (including phenoxy) is 1. The van der Waals surface area contributed by atoms with E-state index in [4.69, 9.17) is 4.74 Å². The third-order valence-corrected chi connectivity index (χ3v) is 3.67. The van der Waals surface area contributed by atoms with Gasteiger partial charge in [0.2, 0.25) is 0 Å². The van der Waals surface area contributed by atoms with Crippen LogP contribution in [0, 0.1) is 5.82 Å². The van der Waals surface area contributed by atoms with Gasteiger partial charge in [-0.3, -0.25) is 4.79 Å². The maximum absolute atomic E-state index is 13.2. The minimum absolute atomic E-state index is 0.248. The van der Waals surface area contributed by atoms with E-state index in [-0.39, 0.29) is 11.7 Å². The number of halogens is 1. The lowest BCUT2D eigenvalue weighted by atomic mass is 10.1. The Morgan fingerprint density at radius 1 is 1.16 bits per heavy atom. The zero-order valence-electron chi connectivity index (χ0n) is 13.8. The van der Waals surface area contributed by atoms with E-state index in [1.807, 2.05) is 30.3 Å². The largest absolute Gasteiger partial charge is 0.383 e. The van der Waals surface area contributed by atoms with Gasteiger partial charge in [0.05, 0.1) is 18.0 Å². The predicted octanol–water partition coefficient (Wildman–Crippen LogP) is 3.05. The fourth-order valence-electron chi connectivity index (χ4n) is 2.43. The number of methoxy groups -OCH3 is 1. The number of carbonyl (C=O) groups is 1. The zero-order valence-corrected chi connectivity index (χ0v) is 13.8. The van der Waals surface area contributed by atoms with Crippen LogP contribution in [0.5, 0.6) is 0 Å². The molecule has 0 radical (unpaired) electrons. The molecule has 0 aliphatic carbocycles. The van der Waals surface area contributed by atoms with E-state index in [0.29, 0.717) is 24.5 Å². The van der Waals surface area contributed by atoms with Crippen molar-refractivity contribution in [1.82, 2.24) is 15.1 Å². The molecule has 0 spiro atoms. The number of nitrogens with one attached hydrogen (secondary N) is 1. The number of para-hydroxylation sites is 1. The fraction of sp³-hybridized carbons (Fsp3) is 0.158. The van der Waals surface area contributed by atoms with Gasteiger partial charge in [0, 0.05) is 19.2 Å². The molecule has 0 saturated heterocycles. The van der Waals surface area contributed by atoms with E-state index < -0.39 is 0 Å². The van der Waals surface area contributed by atoms with Crippen molar-refractivity contribution in [3.05, 3.63) is 72.2 Å². The Morgan fingerprint density at radius 2 is 1.88 bits per heavy atom. The van der Waals surface area contributed by atoms with Gasteiger partial charge in [-0.05, 0) is 42.5 Å². The van der Waals surface area contributed by atoms with E-state index in [2.05, 4.69) is 10.4 Å². The monoisotopic (exact) mass is 339 g/mol. The first kappa shape index (κ1) is 16.9. The molecule has 6 heteroatoms. The van der Waals surface area contributed by atoms with Crippen LogP contribution in [0.4, 0.5) is 4.39 Å². The van der Waals surface area contributed by atoms with Crippen LogP contribution in [0.2, 0.25) is 0 Å². The third-order valence-electron chi connectivity index (χ3n) is 3.67. The van der Waals surface area contributed by atoms with Crippen LogP contribution in [0.15, 0.2) is 60.7 Å². The van der Waals surface area contributed by atoms with Crippen LogP contribution in [0.3, 0.4) is 0 Å². The number of hydrogen-bond acceptors (Lipinski definition) is 3. The molecule has 0 atom stereocenters. The highest BCUT2D eigenvalue weighted by molar-refractivity contribution is 5.94. The van der Waals surface area contributed by atoms with Gasteiger partial charge < -0.3 is 10.1 Å². The minimum Gasteiger partial charge on any atom is -0.383 e. The average Bonchev–Trinajstić information content (AvgIpc) is 3.09. The Hall–Kier alpha value is -2.99. The zero-order chi connectivity index (χ0) is 17.6. The summed E-state index contributed by atoms with van der Waals surface area (Å²) in [4.78, 5) is 12.5. The number of rotatable bonds is 6. The molecule has 5 nitrogen and oxygen atoms in total. The smallest absolute Gasteiger partial charge is 0.270 e. The molecule has 1 aromatic heterocycles.